The van der Waals surface area contributed by atoms with Gasteiger partial charge in [-0.05, 0) is 18.6 Å². The van der Waals surface area contributed by atoms with E-state index in [0.29, 0.717) is 6.07 Å². The van der Waals surface area contributed by atoms with Gasteiger partial charge in [-0.15, -0.1) is 0 Å². The number of hydrogen-bond acceptors (Lipinski definition) is 2. The van der Waals surface area contributed by atoms with E-state index in [1.807, 2.05) is 0 Å². The van der Waals surface area contributed by atoms with Crippen LogP contribution in [0.4, 0.5) is 8.78 Å². The van der Waals surface area contributed by atoms with Crippen molar-refractivity contribution in [1.29, 1.82) is 0 Å². The zero-order valence-corrected chi connectivity index (χ0v) is 11.8. The van der Waals surface area contributed by atoms with Gasteiger partial charge in [0.2, 0.25) is 0 Å². The molecule has 104 valence electrons. The standard InChI is InChI=1S/C13H16F2N2OS/c1-7-4-8(10(15)5-9(7)14)11(18)17-6-13(2,3)12(16)19/h4-5H,6H2,1-3H3,(H2,16,19)(H,17,18). The zero-order valence-electron chi connectivity index (χ0n) is 11.0. The molecule has 3 nitrogen and oxygen atoms in total. The van der Waals surface area contributed by atoms with Crippen LogP contribution in [0.2, 0.25) is 0 Å². The molecule has 1 aromatic carbocycles. The molecule has 0 saturated heterocycles. The lowest BCUT2D eigenvalue weighted by Gasteiger charge is -2.23. The first-order chi connectivity index (χ1) is 8.65. The molecule has 3 N–H and O–H groups in total. The van der Waals surface area contributed by atoms with Crippen LogP contribution in [0.15, 0.2) is 12.1 Å². The average Bonchev–Trinajstić information content (AvgIpc) is 2.30. The van der Waals surface area contributed by atoms with Crippen molar-refractivity contribution >= 4 is 23.1 Å². The molecule has 0 atom stereocenters. The summed E-state index contributed by atoms with van der Waals surface area (Å²) < 4.78 is 26.6. The first kappa shape index (κ1) is 15.5. The van der Waals surface area contributed by atoms with Crippen molar-refractivity contribution in [3.63, 3.8) is 0 Å². The molecule has 19 heavy (non-hydrogen) atoms. The second-order valence-electron chi connectivity index (χ2n) is 5.01. The summed E-state index contributed by atoms with van der Waals surface area (Å²) in [7, 11) is 0. The normalized spacial score (nSPS) is 11.2. The molecule has 0 fully saturated rings. The Kier molecular flexibility index (Phi) is 4.57. The molecule has 0 aliphatic heterocycles. The Bertz CT molecular complexity index is 530. The number of hydrogen-bond donors (Lipinski definition) is 2. The van der Waals surface area contributed by atoms with Crippen LogP contribution in [-0.2, 0) is 0 Å². The predicted molar refractivity (Wildman–Crippen MR) is 74.0 cm³/mol. The third-order valence-electron chi connectivity index (χ3n) is 2.85. The van der Waals surface area contributed by atoms with Gasteiger partial charge in [-0.2, -0.15) is 0 Å². The summed E-state index contributed by atoms with van der Waals surface area (Å²) in [5.41, 5.74) is 4.96. The van der Waals surface area contributed by atoms with Gasteiger partial charge in [0.25, 0.3) is 5.91 Å². The highest BCUT2D eigenvalue weighted by molar-refractivity contribution is 7.80. The van der Waals surface area contributed by atoms with E-state index in [0.717, 1.165) is 0 Å². The van der Waals surface area contributed by atoms with Crippen LogP contribution in [0.25, 0.3) is 0 Å². The number of halogens is 2. The summed E-state index contributed by atoms with van der Waals surface area (Å²) in [4.78, 5) is 12.1. The molecule has 0 aromatic heterocycles. The molecule has 1 aromatic rings. The summed E-state index contributed by atoms with van der Waals surface area (Å²) >= 11 is 4.87. The molecular formula is C13H16F2N2OS. The van der Waals surface area contributed by atoms with Gasteiger partial charge in [-0.1, -0.05) is 26.1 Å². The topological polar surface area (TPSA) is 55.1 Å². The maximum absolute atomic E-state index is 13.5. The van der Waals surface area contributed by atoms with Crippen LogP contribution in [0.3, 0.4) is 0 Å². The van der Waals surface area contributed by atoms with Gasteiger partial charge < -0.3 is 11.1 Å². The van der Waals surface area contributed by atoms with Crippen LogP contribution in [0.1, 0.15) is 29.8 Å². The number of carbonyl (C=O) groups is 1. The largest absolute Gasteiger partial charge is 0.393 e. The molecule has 6 heteroatoms. The molecular weight excluding hydrogens is 270 g/mol. The first-order valence-electron chi connectivity index (χ1n) is 5.69. The molecule has 0 saturated carbocycles. The van der Waals surface area contributed by atoms with E-state index in [1.165, 1.54) is 13.0 Å². The monoisotopic (exact) mass is 286 g/mol. The summed E-state index contributed by atoms with van der Waals surface area (Å²) in [6.45, 7) is 5.17. The van der Waals surface area contributed by atoms with Crippen molar-refractivity contribution in [3.8, 4) is 0 Å². The molecule has 0 heterocycles. The molecule has 0 unspecified atom stereocenters. The molecule has 0 bridgehead atoms. The quantitative estimate of drug-likeness (QED) is 0.835. The van der Waals surface area contributed by atoms with Gasteiger partial charge in [0.15, 0.2) is 0 Å². The Morgan fingerprint density at radius 2 is 1.95 bits per heavy atom. The van der Waals surface area contributed by atoms with Crippen LogP contribution >= 0.6 is 12.2 Å². The minimum Gasteiger partial charge on any atom is -0.393 e. The number of benzene rings is 1. The van der Waals surface area contributed by atoms with Gasteiger partial charge in [0.1, 0.15) is 11.6 Å². The lowest BCUT2D eigenvalue weighted by Crippen LogP contribution is -2.41. The number of amides is 1. The highest BCUT2D eigenvalue weighted by atomic mass is 32.1. The van der Waals surface area contributed by atoms with Crippen LogP contribution < -0.4 is 11.1 Å². The van der Waals surface area contributed by atoms with E-state index in [9.17, 15) is 13.6 Å². The van der Waals surface area contributed by atoms with Gasteiger partial charge >= 0.3 is 0 Å². The highest BCUT2D eigenvalue weighted by Crippen LogP contribution is 2.16. The molecule has 0 spiro atoms. The van der Waals surface area contributed by atoms with Crippen molar-refractivity contribution in [2.45, 2.75) is 20.8 Å². The van der Waals surface area contributed by atoms with E-state index in [1.54, 1.807) is 13.8 Å². The van der Waals surface area contributed by atoms with E-state index in [-0.39, 0.29) is 22.7 Å². The Balaban J connectivity index is 2.86. The summed E-state index contributed by atoms with van der Waals surface area (Å²) in [5.74, 6) is -2.20. The second-order valence-corrected chi connectivity index (χ2v) is 5.45. The van der Waals surface area contributed by atoms with E-state index in [4.69, 9.17) is 18.0 Å². The smallest absolute Gasteiger partial charge is 0.254 e. The van der Waals surface area contributed by atoms with Gasteiger partial charge in [-0.3, -0.25) is 4.79 Å². The van der Waals surface area contributed by atoms with Gasteiger partial charge in [0, 0.05) is 18.0 Å². The van der Waals surface area contributed by atoms with Gasteiger partial charge in [-0.25, -0.2) is 8.78 Å². The average molecular weight is 286 g/mol. The summed E-state index contributed by atoms with van der Waals surface area (Å²) in [5, 5.41) is 2.54. The highest BCUT2D eigenvalue weighted by Gasteiger charge is 2.23. The minimum absolute atomic E-state index is 0.178. The predicted octanol–water partition coefficient (Wildman–Crippen LogP) is 2.32. The Hall–Kier alpha value is -1.56. The maximum Gasteiger partial charge on any atom is 0.254 e. The number of nitrogens with one attached hydrogen (secondary N) is 1. The van der Waals surface area contributed by atoms with Crippen molar-refractivity contribution in [2.24, 2.45) is 11.1 Å². The molecule has 1 amide bonds. The lowest BCUT2D eigenvalue weighted by atomic mass is 9.93. The number of nitrogens with two attached hydrogens (primary N) is 1. The minimum atomic E-state index is -0.895. The number of rotatable bonds is 4. The van der Waals surface area contributed by atoms with E-state index < -0.39 is 23.0 Å². The summed E-state index contributed by atoms with van der Waals surface area (Å²) in [6, 6.07) is 1.87. The Morgan fingerprint density at radius 3 is 2.47 bits per heavy atom. The SMILES string of the molecule is Cc1cc(C(=O)NCC(C)(C)C(N)=S)c(F)cc1F. The fourth-order valence-corrected chi connectivity index (χ4v) is 1.39. The van der Waals surface area contributed by atoms with Crippen molar-refractivity contribution in [2.75, 3.05) is 6.54 Å². The first-order valence-corrected chi connectivity index (χ1v) is 6.09. The number of carbonyl (C=O) groups excluding carboxylic acids is 1. The third-order valence-corrected chi connectivity index (χ3v) is 3.40. The van der Waals surface area contributed by atoms with Crippen molar-refractivity contribution < 1.29 is 13.6 Å². The third kappa shape index (κ3) is 3.70. The van der Waals surface area contributed by atoms with Crippen LogP contribution in [0, 0.1) is 24.0 Å². The maximum atomic E-state index is 13.5. The van der Waals surface area contributed by atoms with Crippen LogP contribution in [-0.4, -0.2) is 17.4 Å². The second kappa shape index (κ2) is 5.61. The van der Waals surface area contributed by atoms with Crippen molar-refractivity contribution in [3.05, 3.63) is 34.9 Å². The van der Waals surface area contributed by atoms with E-state index in [2.05, 4.69) is 5.32 Å². The number of thiocarbonyl (C=S) groups is 1. The van der Waals surface area contributed by atoms with Crippen molar-refractivity contribution in [1.82, 2.24) is 5.32 Å². The lowest BCUT2D eigenvalue weighted by molar-refractivity contribution is 0.0940. The molecule has 0 radical (unpaired) electrons. The molecule has 1 rings (SSSR count). The molecule has 0 aliphatic rings. The zero-order chi connectivity index (χ0) is 14.8. The fourth-order valence-electron chi connectivity index (χ4n) is 1.31. The van der Waals surface area contributed by atoms with Gasteiger partial charge in [0.05, 0.1) is 10.6 Å². The molecule has 0 aliphatic carbocycles. The van der Waals surface area contributed by atoms with Crippen LogP contribution in [0.5, 0.6) is 0 Å². The summed E-state index contributed by atoms with van der Waals surface area (Å²) in [6.07, 6.45) is 0. The number of aryl methyl sites for hydroxylation is 1. The fraction of sp³-hybridized carbons (Fsp3) is 0.385. The Labute approximate surface area is 116 Å². The van der Waals surface area contributed by atoms with E-state index >= 15 is 0 Å². The Morgan fingerprint density at radius 1 is 1.37 bits per heavy atom.